The van der Waals surface area contributed by atoms with Crippen molar-refractivity contribution in [2.45, 2.75) is 0 Å². The van der Waals surface area contributed by atoms with Gasteiger partial charge in [0.2, 0.25) is 5.95 Å². The normalized spacial score (nSPS) is 9.89. The molecule has 2 aromatic rings. The molecule has 0 aliphatic heterocycles. The Bertz CT molecular complexity index is 534. The van der Waals surface area contributed by atoms with Gasteiger partial charge in [0, 0.05) is 0 Å². The molecule has 2 N–H and O–H groups in total. The fourth-order valence-corrected chi connectivity index (χ4v) is 1.45. The molecule has 1 heterocycles. The minimum Gasteiger partial charge on any atom is -0.497 e. The first kappa shape index (κ1) is 12.0. The largest absolute Gasteiger partial charge is 0.497 e. The highest BCUT2D eigenvalue weighted by atomic mass is 16.5. The molecular weight excluding hydrogens is 234 g/mol. The molecule has 6 heteroatoms. The fourth-order valence-electron chi connectivity index (χ4n) is 1.45. The van der Waals surface area contributed by atoms with Gasteiger partial charge in [0.1, 0.15) is 5.75 Å². The monoisotopic (exact) mass is 247 g/mol. The number of aromatic amines is 1. The number of carbonyl (C=O) groups is 1. The van der Waals surface area contributed by atoms with E-state index < -0.39 is 6.09 Å². The van der Waals surface area contributed by atoms with Crippen LogP contribution in [-0.2, 0) is 4.74 Å². The summed E-state index contributed by atoms with van der Waals surface area (Å²) in [4.78, 5) is 18.0. The van der Waals surface area contributed by atoms with Gasteiger partial charge in [0.05, 0.1) is 26.1 Å². The van der Waals surface area contributed by atoms with E-state index in [0.29, 0.717) is 5.95 Å². The van der Waals surface area contributed by atoms with E-state index in [1.807, 2.05) is 24.3 Å². The van der Waals surface area contributed by atoms with E-state index >= 15 is 0 Å². The SMILES string of the molecule is COC(=O)Nc1ncc(-c2ccc(OC)cc2)[nH]1. The highest BCUT2D eigenvalue weighted by Gasteiger charge is 2.06. The van der Waals surface area contributed by atoms with Crippen molar-refractivity contribution in [2.75, 3.05) is 19.5 Å². The summed E-state index contributed by atoms with van der Waals surface area (Å²) in [6, 6.07) is 7.50. The lowest BCUT2D eigenvalue weighted by molar-refractivity contribution is 0.186. The summed E-state index contributed by atoms with van der Waals surface area (Å²) in [5.74, 6) is 1.12. The molecule has 0 radical (unpaired) electrons. The second-order valence-electron chi connectivity index (χ2n) is 3.49. The lowest BCUT2D eigenvalue weighted by Gasteiger charge is -2.01. The first-order valence-corrected chi connectivity index (χ1v) is 5.27. The van der Waals surface area contributed by atoms with Gasteiger partial charge in [0.15, 0.2) is 0 Å². The van der Waals surface area contributed by atoms with Gasteiger partial charge >= 0.3 is 6.09 Å². The van der Waals surface area contributed by atoms with Crippen molar-refractivity contribution in [3.63, 3.8) is 0 Å². The number of amides is 1. The Kier molecular flexibility index (Phi) is 3.47. The van der Waals surface area contributed by atoms with Gasteiger partial charge in [-0.3, -0.25) is 5.32 Å². The van der Waals surface area contributed by atoms with Crippen LogP contribution in [0.4, 0.5) is 10.7 Å². The van der Waals surface area contributed by atoms with Crippen LogP contribution < -0.4 is 10.1 Å². The fraction of sp³-hybridized carbons (Fsp3) is 0.167. The van der Waals surface area contributed by atoms with Crippen molar-refractivity contribution in [3.05, 3.63) is 30.5 Å². The van der Waals surface area contributed by atoms with Gasteiger partial charge in [-0.05, 0) is 29.8 Å². The minimum absolute atomic E-state index is 0.340. The Morgan fingerprint density at radius 3 is 2.61 bits per heavy atom. The lowest BCUT2D eigenvalue weighted by Crippen LogP contribution is -2.11. The maximum Gasteiger partial charge on any atom is 0.413 e. The predicted octanol–water partition coefficient (Wildman–Crippen LogP) is 2.26. The molecule has 0 bridgehead atoms. The van der Waals surface area contributed by atoms with Crippen LogP contribution in [0.3, 0.4) is 0 Å². The van der Waals surface area contributed by atoms with E-state index in [4.69, 9.17) is 4.74 Å². The number of carbonyl (C=O) groups excluding carboxylic acids is 1. The number of anilines is 1. The Morgan fingerprint density at radius 2 is 2.00 bits per heavy atom. The lowest BCUT2D eigenvalue weighted by atomic mass is 10.2. The number of hydrogen-bond acceptors (Lipinski definition) is 4. The number of hydrogen-bond donors (Lipinski definition) is 2. The van der Waals surface area contributed by atoms with E-state index in [9.17, 15) is 4.79 Å². The van der Waals surface area contributed by atoms with Crippen LogP contribution in [0.25, 0.3) is 11.3 Å². The molecule has 1 aromatic heterocycles. The predicted molar refractivity (Wildman–Crippen MR) is 66.6 cm³/mol. The second kappa shape index (κ2) is 5.22. The molecule has 0 atom stereocenters. The van der Waals surface area contributed by atoms with Crippen molar-refractivity contribution >= 4 is 12.0 Å². The molecule has 1 amide bonds. The van der Waals surface area contributed by atoms with Gasteiger partial charge < -0.3 is 14.5 Å². The Morgan fingerprint density at radius 1 is 1.28 bits per heavy atom. The summed E-state index contributed by atoms with van der Waals surface area (Å²) in [6.45, 7) is 0. The number of aromatic nitrogens is 2. The molecule has 0 fully saturated rings. The van der Waals surface area contributed by atoms with Crippen LogP contribution in [0.15, 0.2) is 30.5 Å². The highest BCUT2D eigenvalue weighted by molar-refractivity contribution is 5.82. The number of benzene rings is 1. The topological polar surface area (TPSA) is 76.2 Å². The quantitative estimate of drug-likeness (QED) is 0.872. The third-order valence-corrected chi connectivity index (χ3v) is 2.38. The van der Waals surface area contributed by atoms with Crippen LogP contribution in [-0.4, -0.2) is 30.3 Å². The standard InChI is InChI=1S/C12H13N3O3/c1-17-9-5-3-8(4-6-9)10-7-13-11(14-10)15-12(16)18-2/h3-7H,1-2H3,(H2,13,14,15,16). The second-order valence-corrected chi connectivity index (χ2v) is 3.49. The zero-order chi connectivity index (χ0) is 13.0. The van der Waals surface area contributed by atoms with Crippen molar-refractivity contribution in [2.24, 2.45) is 0 Å². The number of ether oxygens (including phenoxy) is 2. The molecule has 2 rings (SSSR count). The Labute approximate surface area is 104 Å². The highest BCUT2D eigenvalue weighted by Crippen LogP contribution is 2.21. The zero-order valence-corrected chi connectivity index (χ0v) is 10.1. The first-order valence-electron chi connectivity index (χ1n) is 5.27. The van der Waals surface area contributed by atoms with Gasteiger partial charge in [-0.2, -0.15) is 0 Å². The van der Waals surface area contributed by atoms with E-state index in [2.05, 4.69) is 20.0 Å². The summed E-state index contributed by atoms with van der Waals surface area (Å²) in [5, 5.41) is 2.45. The van der Waals surface area contributed by atoms with E-state index in [1.54, 1.807) is 13.3 Å². The van der Waals surface area contributed by atoms with E-state index in [-0.39, 0.29) is 0 Å². The summed E-state index contributed by atoms with van der Waals surface area (Å²) >= 11 is 0. The molecule has 6 nitrogen and oxygen atoms in total. The zero-order valence-electron chi connectivity index (χ0n) is 10.1. The van der Waals surface area contributed by atoms with Gasteiger partial charge in [-0.25, -0.2) is 9.78 Å². The number of nitrogens with one attached hydrogen (secondary N) is 2. The molecule has 0 spiro atoms. The maximum absolute atomic E-state index is 11.0. The molecule has 1 aromatic carbocycles. The van der Waals surface area contributed by atoms with Crippen molar-refractivity contribution in [1.82, 2.24) is 9.97 Å². The summed E-state index contributed by atoms with van der Waals surface area (Å²) in [6.07, 6.45) is 1.07. The van der Waals surface area contributed by atoms with Crippen LogP contribution in [0.2, 0.25) is 0 Å². The van der Waals surface area contributed by atoms with Crippen molar-refractivity contribution < 1.29 is 14.3 Å². The first-order chi connectivity index (χ1) is 8.72. The van der Waals surface area contributed by atoms with Crippen molar-refractivity contribution in [1.29, 1.82) is 0 Å². The number of methoxy groups -OCH3 is 2. The Balaban J connectivity index is 2.15. The molecule has 0 aliphatic rings. The molecule has 18 heavy (non-hydrogen) atoms. The van der Waals surface area contributed by atoms with E-state index in [0.717, 1.165) is 17.0 Å². The van der Waals surface area contributed by atoms with Crippen LogP contribution >= 0.6 is 0 Å². The number of H-pyrrole nitrogens is 1. The Hall–Kier alpha value is -2.50. The minimum atomic E-state index is -0.564. The average molecular weight is 247 g/mol. The van der Waals surface area contributed by atoms with Gasteiger partial charge in [0.25, 0.3) is 0 Å². The van der Waals surface area contributed by atoms with Crippen LogP contribution in [0, 0.1) is 0 Å². The molecule has 0 saturated heterocycles. The van der Waals surface area contributed by atoms with E-state index in [1.165, 1.54) is 7.11 Å². The van der Waals surface area contributed by atoms with Gasteiger partial charge in [-0.15, -0.1) is 0 Å². The number of nitrogens with zero attached hydrogens (tertiary/aromatic N) is 1. The molecule has 0 saturated carbocycles. The smallest absolute Gasteiger partial charge is 0.413 e. The van der Waals surface area contributed by atoms with Crippen molar-refractivity contribution in [3.8, 4) is 17.0 Å². The average Bonchev–Trinajstić information content (AvgIpc) is 2.87. The van der Waals surface area contributed by atoms with Crippen LogP contribution in [0.5, 0.6) is 5.75 Å². The molecule has 94 valence electrons. The van der Waals surface area contributed by atoms with Gasteiger partial charge in [-0.1, -0.05) is 0 Å². The number of imidazole rings is 1. The third kappa shape index (κ3) is 2.60. The third-order valence-electron chi connectivity index (χ3n) is 2.38. The molecular formula is C12H13N3O3. The summed E-state index contributed by atoms with van der Waals surface area (Å²) in [5.41, 5.74) is 1.74. The summed E-state index contributed by atoms with van der Waals surface area (Å²) < 4.78 is 9.55. The maximum atomic E-state index is 11.0. The number of rotatable bonds is 3. The van der Waals surface area contributed by atoms with Crippen LogP contribution in [0.1, 0.15) is 0 Å². The summed E-state index contributed by atoms with van der Waals surface area (Å²) in [7, 11) is 2.91. The molecule has 0 unspecified atom stereocenters. The molecule has 0 aliphatic carbocycles.